The zero-order valence-corrected chi connectivity index (χ0v) is 19.6. The molecular weight excluding hydrogens is 497 g/mol. The smallest absolute Gasteiger partial charge is 0.344 e. The SMILES string of the molecule is CN(c1ccc(OCC(=O)OCC(=O)Nc2ccccc2[N+](=O)[O-])cc1)S(=O)(=O)c1ccc(F)cc1. The molecule has 0 spiro atoms. The van der Waals surface area contributed by atoms with Gasteiger partial charge in [0.25, 0.3) is 21.6 Å². The van der Waals surface area contributed by atoms with E-state index >= 15 is 0 Å². The Labute approximate surface area is 205 Å². The number of hydrogen-bond acceptors (Lipinski definition) is 8. The van der Waals surface area contributed by atoms with Crippen LogP contribution < -0.4 is 14.4 Å². The van der Waals surface area contributed by atoms with Crippen molar-refractivity contribution in [3.63, 3.8) is 0 Å². The molecule has 0 aliphatic rings. The van der Waals surface area contributed by atoms with Crippen LogP contribution in [0.5, 0.6) is 5.75 Å². The van der Waals surface area contributed by atoms with Crippen molar-refractivity contribution < 1.29 is 36.8 Å². The maximum Gasteiger partial charge on any atom is 0.344 e. The number of nitro groups is 1. The number of sulfonamides is 1. The molecule has 1 amide bonds. The number of rotatable bonds is 10. The molecule has 0 radical (unpaired) electrons. The van der Waals surface area contributed by atoms with Gasteiger partial charge in [-0.1, -0.05) is 12.1 Å². The maximum atomic E-state index is 13.1. The first kappa shape index (κ1) is 26.1. The summed E-state index contributed by atoms with van der Waals surface area (Å²) in [5, 5.41) is 13.3. The molecule has 0 fully saturated rings. The van der Waals surface area contributed by atoms with Crippen molar-refractivity contribution in [2.24, 2.45) is 0 Å². The first-order valence-electron chi connectivity index (χ1n) is 10.2. The molecule has 0 aliphatic carbocycles. The minimum Gasteiger partial charge on any atom is -0.482 e. The van der Waals surface area contributed by atoms with Gasteiger partial charge in [0.05, 0.1) is 15.5 Å². The molecule has 3 rings (SSSR count). The van der Waals surface area contributed by atoms with E-state index in [0.717, 1.165) is 28.6 Å². The lowest BCUT2D eigenvalue weighted by Crippen LogP contribution is -2.26. The van der Waals surface area contributed by atoms with Crippen molar-refractivity contribution in [2.75, 3.05) is 29.9 Å². The Kier molecular flexibility index (Phi) is 8.17. The van der Waals surface area contributed by atoms with Gasteiger partial charge in [-0.05, 0) is 54.6 Å². The number of esters is 1. The molecule has 0 aromatic heterocycles. The zero-order chi connectivity index (χ0) is 26.3. The zero-order valence-electron chi connectivity index (χ0n) is 18.8. The largest absolute Gasteiger partial charge is 0.482 e. The van der Waals surface area contributed by atoms with Gasteiger partial charge >= 0.3 is 5.97 Å². The molecule has 3 aromatic carbocycles. The van der Waals surface area contributed by atoms with Crippen LogP contribution in [-0.4, -0.2) is 45.5 Å². The van der Waals surface area contributed by atoms with Gasteiger partial charge in [-0.25, -0.2) is 17.6 Å². The highest BCUT2D eigenvalue weighted by molar-refractivity contribution is 7.92. The number of halogens is 1. The molecule has 11 nitrogen and oxygen atoms in total. The van der Waals surface area contributed by atoms with E-state index in [4.69, 9.17) is 9.47 Å². The normalized spacial score (nSPS) is 10.8. The number of anilines is 2. The van der Waals surface area contributed by atoms with Crippen LogP contribution in [-0.2, 0) is 24.3 Å². The van der Waals surface area contributed by atoms with Gasteiger partial charge in [0.15, 0.2) is 13.2 Å². The highest BCUT2D eigenvalue weighted by atomic mass is 32.2. The average molecular weight is 517 g/mol. The molecule has 0 unspecified atom stereocenters. The van der Waals surface area contributed by atoms with Crippen molar-refractivity contribution in [1.29, 1.82) is 0 Å². The Morgan fingerprint density at radius 1 is 1.00 bits per heavy atom. The third-order valence-corrected chi connectivity index (χ3v) is 6.57. The van der Waals surface area contributed by atoms with E-state index in [1.807, 2.05) is 0 Å². The molecule has 0 bridgehead atoms. The molecule has 0 aliphatic heterocycles. The summed E-state index contributed by atoms with van der Waals surface area (Å²) >= 11 is 0. The lowest BCUT2D eigenvalue weighted by Gasteiger charge is -2.19. The highest BCUT2D eigenvalue weighted by Crippen LogP contribution is 2.25. The van der Waals surface area contributed by atoms with Crippen LogP contribution in [0.4, 0.5) is 21.5 Å². The van der Waals surface area contributed by atoms with Crippen LogP contribution in [0.1, 0.15) is 0 Å². The molecule has 3 aromatic rings. The summed E-state index contributed by atoms with van der Waals surface area (Å²) < 4.78 is 49.6. The van der Waals surface area contributed by atoms with Crippen molar-refractivity contribution in [3.8, 4) is 5.75 Å². The minimum absolute atomic E-state index is 0.0358. The summed E-state index contributed by atoms with van der Waals surface area (Å²) in [5.74, 6) is -1.97. The van der Waals surface area contributed by atoms with Gasteiger partial charge in [0.1, 0.15) is 17.3 Å². The summed E-state index contributed by atoms with van der Waals surface area (Å²) in [4.78, 5) is 34.1. The molecular formula is C23H20FN3O8S. The molecule has 0 saturated carbocycles. The Morgan fingerprint density at radius 2 is 1.64 bits per heavy atom. The number of benzene rings is 3. The number of amides is 1. The van der Waals surface area contributed by atoms with E-state index in [1.165, 1.54) is 55.6 Å². The third-order valence-electron chi connectivity index (χ3n) is 4.77. The third kappa shape index (κ3) is 6.54. The summed E-state index contributed by atoms with van der Waals surface area (Å²) in [6, 6.07) is 15.7. The number of carbonyl (C=O) groups is 2. The van der Waals surface area contributed by atoms with E-state index < -0.39 is 45.9 Å². The molecule has 0 atom stereocenters. The summed E-state index contributed by atoms with van der Waals surface area (Å²) in [6.45, 7) is -1.22. The van der Waals surface area contributed by atoms with Crippen LogP contribution in [0.3, 0.4) is 0 Å². The molecule has 0 heterocycles. The quantitative estimate of drug-likeness (QED) is 0.245. The number of nitrogens with zero attached hydrogens (tertiary/aromatic N) is 2. The predicted molar refractivity (Wildman–Crippen MR) is 127 cm³/mol. The van der Waals surface area contributed by atoms with Crippen LogP contribution in [0.15, 0.2) is 77.7 Å². The van der Waals surface area contributed by atoms with Crippen LogP contribution in [0, 0.1) is 15.9 Å². The van der Waals surface area contributed by atoms with E-state index in [0.29, 0.717) is 5.69 Å². The van der Waals surface area contributed by atoms with Gasteiger partial charge in [-0.2, -0.15) is 0 Å². The monoisotopic (exact) mass is 517 g/mol. The maximum absolute atomic E-state index is 13.1. The number of nitro benzene ring substituents is 1. The second-order valence-corrected chi connectivity index (χ2v) is 9.16. The fourth-order valence-electron chi connectivity index (χ4n) is 2.91. The van der Waals surface area contributed by atoms with Gasteiger partial charge < -0.3 is 14.8 Å². The predicted octanol–water partition coefficient (Wildman–Crippen LogP) is 3.12. The van der Waals surface area contributed by atoms with Crippen LogP contribution >= 0.6 is 0 Å². The molecule has 0 saturated heterocycles. The molecule has 1 N–H and O–H groups in total. The molecule has 36 heavy (non-hydrogen) atoms. The van der Waals surface area contributed by atoms with Gasteiger partial charge in [0, 0.05) is 13.1 Å². The number of nitrogens with one attached hydrogen (secondary N) is 1. The van der Waals surface area contributed by atoms with E-state index in [2.05, 4.69) is 5.32 Å². The van der Waals surface area contributed by atoms with Crippen molar-refractivity contribution in [3.05, 3.63) is 88.7 Å². The second-order valence-electron chi connectivity index (χ2n) is 7.19. The standard InChI is InChI=1S/C23H20FN3O8S/c1-26(36(32,33)19-12-6-16(24)7-13-19)17-8-10-18(11-9-17)34-15-23(29)35-14-22(28)25-20-4-2-3-5-21(20)27(30)31/h2-13H,14-15H2,1H3,(H,25,28). The van der Waals surface area contributed by atoms with Crippen LogP contribution in [0.2, 0.25) is 0 Å². The highest BCUT2D eigenvalue weighted by Gasteiger charge is 2.21. The van der Waals surface area contributed by atoms with Gasteiger partial charge in [-0.15, -0.1) is 0 Å². The Bertz CT molecular complexity index is 1360. The number of para-hydroxylation sites is 2. The fourth-order valence-corrected chi connectivity index (χ4v) is 4.11. The summed E-state index contributed by atoms with van der Waals surface area (Å²) in [5.41, 5.74) is -0.0488. The topological polar surface area (TPSA) is 145 Å². The van der Waals surface area contributed by atoms with E-state index in [1.54, 1.807) is 0 Å². The Morgan fingerprint density at radius 3 is 2.28 bits per heavy atom. The van der Waals surface area contributed by atoms with Crippen molar-refractivity contribution in [1.82, 2.24) is 0 Å². The number of carbonyl (C=O) groups excluding carboxylic acids is 2. The molecule has 188 valence electrons. The van der Waals surface area contributed by atoms with Gasteiger partial charge in [-0.3, -0.25) is 19.2 Å². The minimum atomic E-state index is -3.92. The lowest BCUT2D eigenvalue weighted by molar-refractivity contribution is -0.383. The van der Waals surface area contributed by atoms with Crippen molar-refractivity contribution >= 4 is 39.0 Å². The first-order chi connectivity index (χ1) is 17.1. The lowest BCUT2D eigenvalue weighted by atomic mass is 10.2. The van der Waals surface area contributed by atoms with E-state index in [-0.39, 0.29) is 22.0 Å². The molecule has 13 heteroatoms. The van der Waals surface area contributed by atoms with Gasteiger partial charge in [0.2, 0.25) is 0 Å². The number of ether oxygens (including phenoxy) is 2. The first-order valence-corrected chi connectivity index (χ1v) is 11.7. The Hall–Kier alpha value is -4.52. The fraction of sp³-hybridized carbons (Fsp3) is 0.130. The van der Waals surface area contributed by atoms with E-state index in [9.17, 15) is 32.5 Å². The summed E-state index contributed by atoms with van der Waals surface area (Å²) in [6.07, 6.45) is 0. The Balaban J connectivity index is 1.50. The number of hydrogen-bond donors (Lipinski definition) is 1. The second kappa shape index (κ2) is 11.3. The summed E-state index contributed by atoms with van der Waals surface area (Å²) in [7, 11) is -2.58. The van der Waals surface area contributed by atoms with Crippen molar-refractivity contribution in [2.45, 2.75) is 4.90 Å². The van der Waals surface area contributed by atoms with Crippen LogP contribution in [0.25, 0.3) is 0 Å². The average Bonchev–Trinajstić information content (AvgIpc) is 2.86.